The van der Waals surface area contributed by atoms with Crippen LogP contribution in [0.4, 0.5) is 0 Å². The molecule has 0 N–H and O–H groups in total. The average molecular weight is 300 g/mol. The lowest BCUT2D eigenvalue weighted by atomic mass is 10.1. The predicted molar refractivity (Wildman–Crippen MR) is 91.5 cm³/mol. The van der Waals surface area contributed by atoms with Gasteiger partial charge in [-0.2, -0.15) is 0 Å². The Bertz CT molecular complexity index is 482. The van der Waals surface area contributed by atoms with Crippen molar-refractivity contribution in [1.29, 1.82) is 0 Å². The fourth-order valence-electron chi connectivity index (χ4n) is 2.14. The Balaban J connectivity index is 2.22. The van der Waals surface area contributed by atoms with E-state index in [1.54, 1.807) is 6.92 Å². The van der Waals surface area contributed by atoms with Crippen LogP contribution >= 0.6 is 0 Å². The summed E-state index contributed by atoms with van der Waals surface area (Å²) in [5.74, 6) is -0.289. The van der Waals surface area contributed by atoms with Crippen LogP contribution in [0.3, 0.4) is 0 Å². The highest BCUT2D eigenvalue weighted by molar-refractivity contribution is 5.87. The van der Waals surface area contributed by atoms with Crippen LogP contribution in [-0.2, 0) is 16.1 Å². The molecule has 0 bridgehead atoms. The molecule has 2 nitrogen and oxygen atoms in total. The lowest BCUT2D eigenvalue weighted by Crippen LogP contribution is -2.05. The smallest absolute Gasteiger partial charge is 0.341 e. The van der Waals surface area contributed by atoms with Crippen LogP contribution in [-0.4, -0.2) is 5.97 Å². The summed E-state index contributed by atoms with van der Waals surface area (Å²) < 4.78 is 5.25. The lowest BCUT2D eigenvalue weighted by molar-refractivity contribution is -0.140. The van der Waals surface area contributed by atoms with Gasteiger partial charge in [0.05, 0.1) is 5.57 Å². The second kappa shape index (κ2) is 11.8. The number of carbonyl (C=O) groups excluding carboxylic acids is 1. The van der Waals surface area contributed by atoms with Crippen LogP contribution in [0.5, 0.6) is 0 Å². The number of unbranched alkanes of at least 4 members (excludes halogenated alkanes) is 6. The van der Waals surface area contributed by atoms with Crippen molar-refractivity contribution in [3.63, 3.8) is 0 Å². The Morgan fingerprint density at radius 2 is 1.77 bits per heavy atom. The maximum Gasteiger partial charge on any atom is 0.341 e. The molecule has 120 valence electrons. The van der Waals surface area contributed by atoms with Crippen molar-refractivity contribution < 1.29 is 9.53 Å². The summed E-state index contributed by atoms with van der Waals surface area (Å²) in [5.41, 5.74) is 4.58. The van der Waals surface area contributed by atoms with Crippen molar-refractivity contribution in [2.24, 2.45) is 0 Å². The molecule has 1 aromatic rings. The third-order valence-electron chi connectivity index (χ3n) is 3.54. The molecule has 0 saturated carbocycles. The number of benzene rings is 1. The number of rotatable bonds is 10. The normalized spacial score (nSPS) is 9.91. The molecular formula is C20H28O2. The molecule has 0 heterocycles. The number of esters is 1. The van der Waals surface area contributed by atoms with Crippen molar-refractivity contribution >= 4 is 5.97 Å². The van der Waals surface area contributed by atoms with E-state index in [1.165, 1.54) is 38.5 Å². The molecule has 0 saturated heterocycles. The molecule has 0 aliphatic carbocycles. The molecule has 0 fully saturated rings. The number of carbonyl (C=O) groups is 1. The van der Waals surface area contributed by atoms with Gasteiger partial charge in [0.2, 0.25) is 0 Å². The van der Waals surface area contributed by atoms with Gasteiger partial charge in [-0.25, -0.2) is 4.79 Å². The van der Waals surface area contributed by atoms with Crippen LogP contribution in [0.2, 0.25) is 0 Å². The first-order valence-electron chi connectivity index (χ1n) is 8.37. The molecule has 2 heteroatoms. The largest absolute Gasteiger partial charge is 0.457 e. The van der Waals surface area contributed by atoms with E-state index in [2.05, 4.69) is 12.7 Å². The zero-order valence-electron chi connectivity index (χ0n) is 13.9. The zero-order valence-corrected chi connectivity index (χ0v) is 13.9. The summed E-state index contributed by atoms with van der Waals surface area (Å²) in [6.45, 7) is 4.30. The van der Waals surface area contributed by atoms with E-state index in [9.17, 15) is 4.79 Å². The molecule has 0 aromatic heterocycles. The predicted octanol–water partition coefficient (Wildman–Crippen LogP) is 5.58. The number of hydrogen-bond acceptors (Lipinski definition) is 2. The summed E-state index contributed by atoms with van der Waals surface area (Å²) in [6.07, 6.45) is 10.6. The Labute approximate surface area is 134 Å². The van der Waals surface area contributed by atoms with Crippen LogP contribution < -0.4 is 0 Å². The van der Waals surface area contributed by atoms with Gasteiger partial charge in [-0.15, -0.1) is 5.73 Å². The summed E-state index contributed by atoms with van der Waals surface area (Å²) >= 11 is 0. The van der Waals surface area contributed by atoms with Crippen molar-refractivity contribution in [2.75, 3.05) is 0 Å². The van der Waals surface area contributed by atoms with Gasteiger partial charge in [-0.3, -0.25) is 0 Å². The fraction of sp³-hybridized carbons (Fsp3) is 0.500. The fourth-order valence-corrected chi connectivity index (χ4v) is 2.14. The van der Waals surface area contributed by atoms with Gasteiger partial charge < -0.3 is 4.74 Å². The molecule has 22 heavy (non-hydrogen) atoms. The summed E-state index contributed by atoms with van der Waals surface area (Å²) in [4.78, 5) is 11.8. The molecule has 1 rings (SSSR count). The van der Waals surface area contributed by atoms with Crippen molar-refractivity contribution in [3.05, 3.63) is 53.3 Å². The zero-order chi connectivity index (χ0) is 16.0. The number of ether oxygens (including phenoxy) is 1. The molecule has 0 aliphatic heterocycles. The SMILES string of the molecule is CCCCCCCCC=C=C(C)C(=O)OCc1ccccc1. The van der Waals surface area contributed by atoms with Crippen molar-refractivity contribution in [3.8, 4) is 0 Å². The van der Waals surface area contributed by atoms with Gasteiger partial charge in [0, 0.05) is 0 Å². The Hall–Kier alpha value is -1.79. The number of hydrogen-bond donors (Lipinski definition) is 0. The van der Waals surface area contributed by atoms with Crippen LogP contribution in [0.1, 0.15) is 64.4 Å². The third kappa shape index (κ3) is 8.49. The minimum absolute atomic E-state index is 0.289. The van der Waals surface area contributed by atoms with E-state index in [4.69, 9.17) is 4.74 Å². The Morgan fingerprint density at radius 1 is 1.09 bits per heavy atom. The molecule has 0 amide bonds. The summed E-state index contributed by atoms with van der Waals surface area (Å²) in [7, 11) is 0. The first kappa shape index (κ1) is 18.3. The van der Waals surface area contributed by atoms with Crippen molar-refractivity contribution in [1.82, 2.24) is 0 Å². The molecule has 0 aliphatic rings. The van der Waals surface area contributed by atoms with Crippen LogP contribution in [0.15, 0.2) is 47.7 Å². The third-order valence-corrected chi connectivity index (χ3v) is 3.54. The topological polar surface area (TPSA) is 26.3 Å². The van der Waals surface area contributed by atoms with Gasteiger partial charge in [0.1, 0.15) is 6.61 Å². The van der Waals surface area contributed by atoms with Gasteiger partial charge in [-0.05, 0) is 31.4 Å². The highest BCUT2D eigenvalue weighted by Crippen LogP contribution is 2.07. The monoisotopic (exact) mass is 300 g/mol. The van der Waals surface area contributed by atoms with Crippen LogP contribution in [0.25, 0.3) is 0 Å². The van der Waals surface area contributed by atoms with E-state index in [0.717, 1.165) is 12.0 Å². The minimum atomic E-state index is -0.289. The molecular weight excluding hydrogens is 272 g/mol. The standard InChI is InChI=1S/C20H28O2/c1-3-4-5-6-7-8-9-11-14-18(2)20(21)22-17-19-15-12-10-13-16-19/h10-13,15-16H,3-9,17H2,1-2H3. The first-order chi connectivity index (χ1) is 10.7. The van der Waals surface area contributed by atoms with E-state index in [1.807, 2.05) is 36.4 Å². The maximum atomic E-state index is 11.8. The van der Waals surface area contributed by atoms with Crippen molar-refractivity contribution in [2.45, 2.75) is 65.4 Å². The van der Waals surface area contributed by atoms with E-state index in [-0.39, 0.29) is 5.97 Å². The summed E-state index contributed by atoms with van der Waals surface area (Å²) in [5, 5.41) is 0. The average Bonchev–Trinajstić information content (AvgIpc) is 2.55. The van der Waals surface area contributed by atoms with Gasteiger partial charge >= 0.3 is 5.97 Å². The maximum absolute atomic E-state index is 11.8. The molecule has 0 unspecified atom stereocenters. The first-order valence-corrected chi connectivity index (χ1v) is 8.37. The van der Waals surface area contributed by atoms with E-state index >= 15 is 0 Å². The lowest BCUT2D eigenvalue weighted by Gasteiger charge is -2.03. The molecule has 0 spiro atoms. The van der Waals surface area contributed by atoms with E-state index in [0.29, 0.717) is 12.2 Å². The van der Waals surface area contributed by atoms with E-state index < -0.39 is 0 Å². The molecule has 0 atom stereocenters. The van der Waals surface area contributed by atoms with Gasteiger partial charge in [0.25, 0.3) is 0 Å². The quantitative estimate of drug-likeness (QED) is 0.244. The highest BCUT2D eigenvalue weighted by atomic mass is 16.5. The van der Waals surface area contributed by atoms with Gasteiger partial charge in [-0.1, -0.05) is 69.4 Å². The minimum Gasteiger partial charge on any atom is -0.457 e. The second-order valence-electron chi connectivity index (χ2n) is 5.59. The Kier molecular flexibility index (Phi) is 9.81. The molecule has 1 aromatic carbocycles. The molecule has 0 radical (unpaired) electrons. The second-order valence-corrected chi connectivity index (χ2v) is 5.59. The van der Waals surface area contributed by atoms with Crippen LogP contribution in [0, 0.1) is 0 Å². The Morgan fingerprint density at radius 3 is 2.50 bits per heavy atom. The van der Waals surface area contributed by atoms with Gasteiger partial charge in [0.15, 0.2) is 0 Å². The highest BCUT2D eigenvalue weighted by Gasteiger charge is 2.04. The summed E-state index contributed by atoms with van der Waals surface area (Å²) in [6, 6.07) is 9.71.